The van der Waals surface area contributed by atoms with E-state index in [2.05, 4.69) is 15.0 Å². The largest absolute Gasteiger partial charge is 0.490 e. The molecule has 2 heterocycles. The van der Waals surface area contributed by atoms with Crippen LogP contribution >= 0.6 is 11.6 Å². The second-order valence-electron chi connectivity index (χ2n) is 7.89. The Morgan fingerprint density at radius 3 is 2.26 bits per heavy atom. The molecule has 1 fully saturated rings. The van der Waals surface area contributed by atoms with Gasteiger partial charge in [-0.3, -0.25) is 14.1 Å². The quantitative estimate of drug-likeness (QED) is 0.357. The molecule has 212 valence electrons. The summed E-state index contributed by atoms with van der Waals surface area (Å²) in [6, 6.07) is 4.63. The standard InChI is InChI=1S/C19H17ClF3N5O3S.C2HF3O2/c20-16-13(26-32(30,31)28-7-1-2-8-28)4-3-11(22)18(16)25-14-6-5-12-15(17(14)23)19(29)27(9-21)10-24-12;3-2(4,5)1(6)7/h3-6,10,25-26H,1-2,7-9H2;(H,6,7). The average molecular weight is 602 g/mol. The summed E-state index contributed by atoms with van der Waals surface area (Å²) in [6.45, 7) is -0.490. The summed E-state index contributed by atoms with van der Waals surface area (Å²) in [6.07, 6.45) is -2.68. The maximum absolute atomic E-state index is 15.0. The normalized spacial score (nSPS) is 14.1. The molecule has 0 aliphatic carbocycles. The first-order chi connectivity index (χ1) is 18.2. The molecule has 18 heteroatoms. The number of nitrogens with zero attached hydrogens (tertiary/aromatic N) is 3. The van der Waals surface area contributed by atoms with E-state index in [-0.39, 0.29) is 21.9 Å². The van der Waals surface area contributed by atoms with Crippen LogP contribution in [0.4, 0.5) is 43.4 Å². The van der Waals surface area contributed by atoms with E-state index in [9.17, 15) is 35.2 Å². The molecule has 10 nitrogen and oxygen atoms in total. The van der Waals surface area contributed by atoms with E-state index < -0.39 is 57.4 Å². The first-order valence-corrected chi connectivity index (χ1v) is 12.6. The molecule has 0 unspecified atom stereocenters. The highest BCUT2D eigenvalue weighted by atomic mass is 35.5. The van der Waals surface area contributed by atoms with Crippen LogP contribution in [0.2, 0.25) is 5.02 Å². The number of carboxylic acids is 1. The lowest BCUT2D eigenvalue weighted by Gasteiger charge is -2.19. The van der Waals surface area contributed by atoms with Gasteiger partial charge in [-0.15, -0.1) is 0 Å². The van der Waals surface area contributed by atoms with Gasteiger partial charge < -0.3 is 10.4 Å². The molecule has 1 aliphatic heterocycles. The Morgan fingerprint density at radius 2 is 1.69 bits per heavy atom. The van der Waals surface area contributed by atoms with E-state index in [4.69, 9.17) is 21.5 Å². The third-order valence-corrected chi connectivity index (χ3v) is 7.21. The van der Waals surface area contributed by atoms with Gasteiger partial charge in [0.15, 0.2) is 12.6 Å². The van der Waals surface area contributed by atoms with Crippen LogP contribution < -0.4 is 15.6 Å². The van der Waals surface area contributed by atoms with Crippen LogP contribution in [0.3, 0.4) is 0 Å². The number of hydrogen-bond acceptors (Lipinski definition) is 6. The number of aromatic nitrogens is 2. The van der Waals surface area contributed by atoms with E-state index in [1.807, 2.05) is 0 Å². The molecule has 1 aromatic heterocycles. The molecular formula is C21H18ClF6N5O5S. The van der Waals surface area contributed by atoms with E-state index in [0.717, 1.165) is 31.3 Å². The molecular weight excluding hydrogens is 584 g/mol. The van der Waals surface area contributed by atoms with E-state index in [1.165, 1.54) is 16.4 Å². The van der Waals surface area contributed by atoms with Gasteiger partial charge in [0.2, 0.25) is 0 Å². The number of alkyl halides is 4. The number of halogens is 7. The van der Waals surface area contributed by atoms with Crippen molar-refractivity contribution >= 4 is 55.7 Å². The predicted molar refractivity (Wildman–Crippen MR) is 129 cm³/mol. The van der Waals surface area contributed by atoms with Crippen molar-refractivity contribution in [1.82, 2.24) is 13.9 Å². The number of anilines is 3. The lowest BCUT2D eigenvalue weighted by molar-refractivity contribution is -0.192. The zero-order valence-electron chi connectivity index (χ0n) is 19.4. The van der Waals surface area contributed by atoms with Crippen molar-refractivity contribution in [1.29, 1.82) is 0 Å². The molecule has 4 rings (SSSR count). The van der Waals surface area contributed by atoms with Crippen LogP contribution in [0.5, 0.6) is 0 Å². The molecule has 3 aromatic rings. The molecule has 1 saturated heterocycles. The highest BCUT2D eigenvalue weighted by molar-refractivity contribution is 7.90. The van der Waals surface area contributed by atoms with Gasteiger partial charge in [-0.1, -0.05) is 11.6 Å². The molecule has 0 saturated carbocycles. The second kappa shape index (κ2) is 11.7. The molecule has 2 aromatic carbocycles. The summed E-state index contributed by atoms with van der Waals surface area (Å²) in [5.74, 6) is -4.72. The Bertz CT molecular complexity index is 1560. The van der Waals surface area contributed by atoms with Crippen molar-refractivity contribution in [3.63, 3.8) is 0 Å². The summed E-state index contributed by atoms with van der Waals surface area (Å²) >= 11 is 6.23. The lowest BCUT2D eigenvalue weighted by Crippen LogP contribution is -2.33. The van der Waals surface area contributed by atoms with Crippen LogP contribution in [0.25, 0.3) is 10.9 Å². The molecule has 1 aliphatic rings. The number of carbonyl (C=O) groups is 1. The summed E-state index contributed by atoms with van der Waals surface area (Å²) in [4.78, 5) is 25.0. The van der Waals surface area contributed by atoms with Crippen LogP contribution in [0, 0.1) is 11.6 Å². The number of aliphatic carboxylic acids is 1. The fraction of sp³-hybridized carbons (Fsp3) is 0.286. The number of carboxylic acid groups (broad SMARTS) is 1. The van der Waals surface area contributed by atoms with Crippen LogP contribution in [0.1, 0.15) is 12.8 Å². The van der Waals surface area contributed by atoms with Gasteiger partial charge in [-0.05, 0) is 37.1 Å². The number of rotatable bonds is 6. The number of fused-ring (bicyclic) bond motifs is 1. The van der Waals surface area contributed by atoms with Crippen molar-refractivity contribution in [2.75, 3.05) is 23.1 Å². The fourth-order valence-electron chi connectivity index (χ4n) is 3.40. The molecule has 0 bridgehead atoms. The summed E-state index contributed by atoms with van der Waals surface area (Å²) < 4.78 is 103. The number of nitrogens with one attached hydrogen (secondary N) is 2. The van der Waals surface area contributed by atoms with E-state index in [1.54, 1.807) is 0 Å². The van der Waals surface area contributed by atoms with Gasteiger partial charge in [0.25, 0.3) is 5.56 Å². The molecule has 0 spiro atoms. The predicted octanol–water partition coefficient (Wildman–Crippen LogP) is 4.38. The number of benzene rings is 2. The first-order valence-electron chi connectivity index (χ1n) is 10.7. The van der Waals surface area contributed by atoms with Gasteiger partial charge in [0.05, 0.1) is 27.6 Å². The topological polar surface area (TPSA) is 134 Å². The highest BCUT2D eigenvalue weighted by Gasteiger charge is 2.38. The Morgan fingerprint density at radius 1 is 1.10 bits per heavy atom. The first kappa shape index (κ1) is 30.0. The third kappa shape index (κ3) is 6.72. The Labute approximate surface area is 221 Å². The Kier molecular flexibility index (Phi) is 8.97. The minimum Gasteiger partial charge on any atom is -0.475 e. The zero-order valence-corrected chi connectivity index (χ0v) is 21.0. The highest BCUT2D eigenvalue weighted by Crippen LogP contribution is 2.36. The molecule has 3 N–H and O–H groups in total. The molecule has 39 heavy (non-hydrogen) atoms. The van der Waals surface area contributed by atoms with Crippen molar-refractivity contribution in [3.8, 4) is 0 Å². The van der Waals surface area contributed by atoms with Crippen LogP contribution in [0.15, 0.2) is 35.4 Å². The Hall–Kier alpha value is -3.57. The summed E-state index contributed by atoms with van der Waals surface area (Å²) in [5, 5.41) is 8.76. The maximum atomic E-state index is 15.0. The second-order valence-corrected chi connectivity index (χ2v) is 9.93. The van der Waals surface area contributed by atoms with Crippen molar-refractivity contribution in [3.05, 3.63) is 57.6 Å². The van der Waals surface area contributed by atoms with E-state index in [0.29, 0.717) is 17.7 Å². The van der Waals surface area contributed by atoms with E-state index >= 15 is 4.39 Å². The third-order valence-electron chi connectivity index (χ3n) is 5.30. The smallest absolute Gasteiger partial charge is 0.475 e. The van der Waals surface area contributed by atoms with Crippen molar-refractivity contribution in [2.45, 2.75) is 25.8 Å². The SMILES string of the molecule is O=C(O)C(F)(F)F.O=c1c2c(F)c(Nc3c(F)ccc(NS(=O)(=O)N4CCCC4)c3Cl)ccc2ncn1CF. The van der Waals surface area contributed by atoms with Crippen molar-refractivity contribution in [2.24, 2.45) is 0 Å². The minimum atomic E-state index is -5.08. The van der Waals surface area contributed by atoms with Gasteiger partial charge in [0, 0.05) is 13.1 Å². The lowest BCUT2D eigenvalue weighted by atomic mass is 10.2. The minimum absolute atomic E-state index is 0.0126. The number of hydrogen-bond donors (Lipinski definition) is 3. The zero-order chi connectivity index (χ0) is 29.1. The van der Waals surface area contributed by atoms with Crippen LogP contribution in [-0.4, -0.2) is 52.6 Å². The van der Waals surface area contributed by atoms with Gasteiger partial charge in [-0.2, -0.15) is 25.9 Å². The molecule has 0 atom stereocenters. The summed E-state index contributed by atoms with van der Waals surface area (Å²) in [7, 11) is -3.90. The molecule has 0 radical (unpaired) electrons. The van der Waals surface area contributed by atoms with Crippen molar-refractivity contribution < 1.29 is 44.7 Å². The fourth-order valence-corrected chi connectivity index (χ4v) is 5.02. The van der Waals surface area contributed by atoms with Gasteiger partial charge >= 0.3 is 22.4 Å². The maximum Gasteiger partial charge on any atom is 0.490 e. The summed E-state index contributed by atoms with van der Waals surface area (Å²) in [5.41, 5.74) is -1.79. The molecule has 0 amide bonds. The van der Waals surface area contributed by atoms with Gasteiger partial charge in [0.1, 0.15) is 17.5 Å². The Balaban J connectivity index is 0.000000532. The monoisotopic (exact) mass is 601 g/mol. The average Bonchev–Trinajstić information content (AvgIpc) is 3.41. The van der Waals surface area contributed by atoms with Crippen LogP contribution in [-0.2, 0) is 21.8 Å². The van der Waals surface area contributed by atoms with Gasteiger partial charge in [-0.25, -0.2) is 22.9 Å².